The molecule has 7 nitrogen and oxygen atoms in total. The summed E-state index contributed by atoms with van der Waals surface area (Å²) in [7, 11) is 0. The molecule has 2 aliphatic heterocycles. The molecule has 1 atom stereocenters. The molecule has 0 saturated carbocycles. The van der Waals surface area contributed by atoms with E-state index < -0.39 is 23.4 Å². The van der Waals surface area contributed by atoms with Gasteiger partial charge in [-0.1, -0.05) is 31.2 Å². The lowest BCUT2D eigenvalue weighted by atomic mass is 9.93. The Morgan fingerprint density at radius 1 is 1.13 bits per heavy atom. The maximum atomic E-state index is 13.7. The molecule has 3 aromatic rings. The third-order valence-corrected chi connectivity index (χ3v) is 7.21. The fraction of sp³-hybridized carbons (Fsp3) is 0.429. The van der Waals surface area contributed by atoms with Crippen LogP contribution in [-0.2, 0) is 25.6 Å². The van der Waals surface area contributed by atoms with Crippen LogP contribution in [0.2, 0.25) is 0 Å². The van der Waals surface area contributed by atoms with Crippen molar-refractivity contribution in [2.75, 3.05) is 29.4 Å². The number of nitrogens with zero attached hydrogens (tertiary/aromatic N) is 4. The molecule has 0 aliphatic carbocycles. The van der Waals surface area contributed by atoms with Crippen molar-refractivity contribution >= 4 is 23.4 Å². The Morgan fingerprint density at radius 2 is 1.95 bits per heavy atom. The molecule has 0 amide bonds. The van der Waals surface area contributed by atoms with E-state index >= 15 is 0 Å². The number of anilines is 2. The second kappa shape index (κ2) is 10.2. The number of hydrogen-bond acceptors (Lipinski definition) is 7. The topological polar surface area (TPSA) is 79.5 Å². The van der Waals surface area contributed by atoms with Gasteiger partial charge in [0.15, 0.2) is 11.5 Å². The fourth-order valence-electron chi connectivity index (χ4n) is 5.30. The lowest BCUT2D eigenvalue weighted by molar-refractivity contribution is -0.141. The molecule has 200 valence electrons. The average molecular weight is 527 g/mol. The van der Waals surface area contributed by atoms with E-state index in [4.69, 9.17) is 4.42 Å². The lowest BCUT2D eigenvalue weighted by Crippen LogP contribution is -2.34. The fourth-order valence-corrected chi connectivity index (χ4v) is 5.30. The number of piperidine rings is 1. The number of alkyl halides is 3. The van der Waals surface area contributed by atoms with Gasteiger partial charge in [-0.05, 0) is 54.9 Å². The third-order valence-electron chi connectivity index (χ3n) is 7.21. The molecule has 2 aliphatic rings. The first-order chi connectivity index (χ1) is 18.1. The van der Waals surface area contributed by atoms with Gasteiger partial charge in [0.05, 0.1) is 0 Å². The Bertz CT molecular complexity index is 1350. The van der Waals surface area contributed by atoms with Gasteiger partial charge < -0.3 is 14.2 Å². The van der Waals surface area contributed by atoms with Crippen LogP contribution in [0.5, 0.6) is 0 Å². The summed E-state index contributed by atoms with van der Waals surface area (Å²) in [6, 6.07) is 9.01. The molecule has 38 heavy (non-hydrogen) atoms. The zero-order chi connectivity index (χ0) is 27.0. The third kappa shape index (κ3) is 5.30. The zero-order valence-corrected chi connectivity index (χ0v) is 21.3. The van der Waals surface area contributed by atoms with Gasteiger partial charge in [0.25, 0.3) is 6.01 Å². The summed E-state index contributed by atoms with van der Waals surface area (Å²) in [5, 5.41) is 0. The molecule has 2 aromatic heterocycles. The number of benzene rings is 1. The molecule has 10 heteroatoms. The molecule has 1 saturated heterocycles. The zero-order valence-electron chi connectivity index (χ0n) is 21.3. The van der Waals surface area contributed by atoms with Crippen molar-refractivity contribution in [2.45, 2.75) is 52.3 Å². The number of fused-ring (bicyclic) bond motifs is 1. The average Bonchev–Trinajstić information content (AvgIpc) is 3.35. The van der Waals surface area contributed by atoms with Crippen LogP contribution >= 0.6 is 0 Å². The maximum absolute atomic E-state index is 13.7. The van der Waals surface area contributed by atoms with Gasteiger partial charge in [-0.2, -0.15) is 18.2 Å². The van der Waals surface area contributed by atoms with E-state index in [1.807, 2.05) is 25.1 Å². The summed E-state index contributed by atoms with van der Waals surface area (Å²) in [5.74, 6) is -0.515. The summed E-state index contributed by atoms with van der Waals surface area (Å²) in [6.07, 6.45) is -1.06. The number of Topliss-reactive ketones (excluding diaryl/α,β-unsaturated/α-hetero) is 2. The van der Waals surface area contributed by atoms with E-state index in [2.05, 4.69) is 14.9 Å². The molecule has 1 aromatic carbocycles. The Labute approximate surface area is 218 Å². The van der Waals surface area contributed by atoms with Gasteiger partial charge >= 0.3 is 6.18 Å². The van der Waals surface area contributed by atoms with Crippen molar-refractivity contribution in [3.63, 3.8) is 0 Å². The SMILES string of the molecule is CC(=O)c1cccc2c1CCN(c1ccc(CC(=O)c3oc(N4CCCC(C)C4)nc3C(F)(F)F)cn1)C2. The largest absolute Gasteiger partial charge is 0.437 e. The summed E-state index contributed by atoms with van der Waals surface area (Å²) in [6.45, 7) is 5.93. The van der Waals surface area contributed by atoms with Gasteiger partial charge in [0.1, 0.15) is 5.82 Å². The van der Waals surface area contributed by atoms with Crippen LogP contribution in [0, 0.1) is 5.92 Å². The highest BCUT2D eigenvalue weighted by atomic mass is 19.4. The Morgan fingerprint density at radius 3 is 2.63 bits per heavy atom. The molecule has 5 rings (SSSR count). The smallest absolute Gasteiger partial charge is 0.420 e. The first-order valence-corrected chi connectivity index (χ1v) is 12.8. The summed E-state index contributed by atoms with van der Waals surface area (Å²) >= 11 is 0. The van der Waals surface area contributed by atoms with Crippen molar-refractivity contribution in [3.8, 4) is 0 Å². The predicted octanol–water partition coefficient (Wildman–Crippen LogP) is 5.52. The molecule has 0 spiro atoms. The molecule has 0 N–H and O–H groups in total. The van der Waals surface area contributed by atoms with Gasteiger partial charge in [-0.15, -0.1) is 0 Å². The molecule has 1 fully saturated rings. The van der Waals surface area contributed by atoms with Crippen LogP contribution in [0.3, 0.4) is 0 Å². The highest BCUT2D eigenvalue weighted by Gasteiger charge is 2.42. The van der Waals surface area contributed by atoms with Crippen molar-refractivity contribution in [3.05, 3.63) is 70.2 Å². The monoisotopic (exact) mass is 526 g/mol. The van der Waals surface area contributed by atoms with Crippen LogP contribution in [0.1, 0.15) is 70.0 Å². The van der Waals surface area contributed by atoms with E-state index in [0.717, 1.165) is 29.5 Å². The van der Waals surface area contributed by atoms with Gasteiger partial charge in [-0.3, -0.25) is 9.59 Å². The van der Waals surface area contributed by atoms with E-state index in [-0.39, 0.29) is 18.2 Å². The van der Waals surface area contributed by atoms with Crippen molar-refractivity contribution in [1.29, 1.82) is 0 Å². The number of aromatic nitrogens is 2. The molecule has 4 heterocycles. The second-order valence-corrected chi connectivity index (χ2v) is 10.2. The van der Waals surface area contributed by atoms with Crippen LogP contribution in [-0.4, -0.2) is 41.2 Å². The number of carbonyl (C=O) groups excluding carboxylic acids is 2. The second-order valence-electron chi connectivity index (χ2n) is 10.2. The molecule has 1 unspecified atom stereocenters. The van der Waals surface area contributed by atoms with Crippen molar-refractivity contribution in [1.82, 2.24) is 9.97 Å². The Kier molecular flexibility index (Phi) is 6.98. The number of rotatable bonds is 6. The van der Waals surface area contributed by atoms with Crippen molar-refractivity contribution in [2.24, 2.45) is 5.92 Å². The number of pyridine rings is 1. The van der Waals surface area contributed by atoms with E-state index in [1.54, 1.807) is 24.0 Å². The van der Waals surface area contributed by atoms with Crippen LogP contribution < -0.4 is 9.80 Å². The number of halogens is 3. The highest BCUT2D eigenvalue weighted by molar-refractivity contribution is 5.96. The lowest BCUT2D eigenvalue weighted by Gasteiger charge is -2.30. The van der Waals surface area contributed by atoms with Crippen molar-refractivity contribution < 1.29 is 27.2 Å². The van der Waals surface area contributed by atoms with Crippen LogP contribution in [0.4, 0.5) is 25.0 Å². The summed E-state index contributed by atoms with van der Waals surface area (Å²) < 4.78 is 46.6. The molecular formula is C28H29F3N4O3. The van der Waals surface area contributed by atoms with Crippen LogP contribution in [0.25, 0.3) is 0 Å². The van der Waals surface area contributed by atoms with Gasteiger partial charge in [0.2, 0.25) is 11.5 Å². The quantitative estimate of drug-likeness (QED) is 0.392. The predicted molar refractivity (Wildman–Crippen MR) is 136 cm³/mol. The van der Waals surface area contributed by atoms with E-state index in [9.17, 15) is 22.8 Å². The summed E-state index contributed by atoms with van der Waals surface area (Å²) in [4.78, 5) is 36.8. The Hall–Kier alpha value is -3.69. The van der Waals surface area contributed by atoms with E-state index in [0.29, 0.717) is 49.9 Å². The first kappa shape index (κ1) is 25.9. The highest BCUT2D eigenvalue weighted by Crippen LogP contribution is 2.36. The van der Waals surface area contributed by atoms with Gasteiger partial charge in [-0.25, -0.2) is 4.98 Å². The number of hydrogen-bond donors (Lipinski definition) is 0. The Balaban J connectivity index is 1.31. The minimum atomic E-state index is -4.80. The molecule has 0 bridgehead atoms. The molecule has 0 radical (unpaired) electrons. The minimum absolute atomic E-state index is 0.0421. The standard InChI is InChI=1S/C28H29F3N4O3/c1-17-5-4-11-35(15-17)27-33-26(28(29,30)31)25(38-27)23(37)13-19-8-9-24(32-14-19)34-12-10-22-20(16-34)6-3-7-21(22)18(2)36/h3,6-9,14,17H,4-5,10-13,15-16H2,1-2H3. The molecular weight excluding hydrogens is 497 g/mol. The number of ketones is 2. The normalized spacial score (nSPS) is 17.9. The van der Waals surface area contributed by atoms with E-state index in [1.165, 1.54) is 6.20 Å². The minimum Gasteiger partial charge on any atom is -0.420 e. The number of carbonyl (C=O) groups is 2. The number of oxazole rings is 1. The van der Waals surface area contributed by atoms with Crippen LogP contribution in [0.15, 0.2) is 40.9 Å². The van der Waals surface area contributed by atoms with Gasteiger partial charge in [0, 0.05) is 44.4 Å². The first-order valence-electron chi connectivity index (χ1n) is 12.8. The maximum Gasteiger partial charge on any atom is 0.437 e. The summed E-state index contributed by atoms with van der Waals surface area (Å²) in [5.41, 5.74) is 2.07.